The average molecular weight is 366 g/mol. The highest BCUT2D eigenvalue weighted by Crippen LogP contribution is 2.20. The molecule has 138 valence electrons. The van der Waals surface area contributed by atoms with Gasteiger partial charge >= 0.3 is 0 Å². The summed E-state index contributed by atoms with van der Waals surface area (Å²) in [7, 11) is 1.59. The minimum absolute atomic E-state index is 0.122. The van der Waals surface area contributed by atoms with Gasteiger partial charge in [0.15, 0.2) is 0 Å². The Hall–Kier alpha value is -3.68. The van der Waals surface area contributed by atoms with Gasteiger partial charge in [-0.05, 0) is 36.4 Å². The fourth-order valence-corrected chi connectivity index (χ4v) is 2.45. The number of nitrogens with one attached hydrogen (secondary N) is 1. The van der Waals surface area contributed by atoms with Crippen molar-refractivity contribution in [2.75, 3.05) is 12.4 Å². The molecule has 3 N–H and O–H groups in total. The SMILES string of the molecule is COc1ccc(-c2noc(CCC(=O)Nc3ccccc3C(N)=O)n2)cc1. The van der Waals surface area contributed by atoms with Crippen molar-refractivity contribution >= 4 is 17.5 Å². The first kappa shape index (κ1) is 18.1. The number of carbonyl (C=O) groups is 2. The molecule has 8 nitrogen and oxygen atoms in total. The fourth-order valence-electron chi connectivity index (χ4n) is 2.45. The zero-order chi connectivity index (χ0) is 19.2. The maximum absolute atomic E-state index is 12.1. The summed E-state index contributed by atoms with van der Waals surface area (Å²) in [5.41, 5.74) is 6.71. The van der Waals surface area contributed by atoms with Crippen molar-refractivity contribution in [2.24, 2.45) is 5.73 Å². The lowest BCUT2D eigenvalue weighted by atomic mass is 10.1. The van der Waals surface area contributed by atoms with E-state index in [-0.39, 0.29) is 24.3 Å². The summed E-state index contributed by atoms with van der Waals surface area (Å²) in [5, 5.41) is 6.59. The number of para-hydroxylation sites is 1. The van der Waals surface area contributed by atoms with Crippen LogP contribution in [0.25, 0.3) is 11.4 Å². The summed E-state index contributed by atoms with van der Waals surface area (Å²) in [6.07, 6.45) is 0.394. The predicted octanol–water partition coefficient (Wildman–Crippen LogP) is 2.42. The first-order valence-corrected chi connectivity index (χ1v) is 8.22. The quantitative estimate of drug-likeness (QED) is 0.662. The molecule has 0 atom stereocenters. The number of primary amides is 1. The monoisotopic (exact) mass is 366 g/mol. The number of hydrogen-bond donors (Lipinski definition) is 2. The second-order valence-electron chi connectivity index (χ2n) is 5.70. The second-order valence-corrected chi connectivity index (χ2v) is 5.70. The molecular weight excluding hydrogens is 348 g/mol. The largest absolute Gasteiger partial charge is 0.497 e. The van der Waals surface area contributed by atoms with Crippen LogP contribution in [0.5, 0.6) is 5.75 Å². The normalized spacial score (nSPS) is 10.4. The van der Waals surface area contributed by atoms with Gasteiger partial charge in [-0.15, -0.1) is 0 Å². The highest BCUT2D eigenvalue weighted by molar-refractivity contribution is 6.02. The number of carbonyl (C=O) groups excluding carboxylic acids is 2. The van der Waals surface area contributed by atoms with E-state index in [4.69, 9.17) is 15.0 Å². The lowest BCUT2D eigenvalue weighted by Crippen LogP contribution is -2.18. The van der Waals surface area contributed by atoms with E-state index in [2.05, 4.69) is 15.5 Å². The number of methoxy groups -OCH3 is 1. The molecule has 2 aromatic carbocycles. The van der Waals surface area contributed by atoms with Crippen molar-refractivity contribution in [3.05, 3.63) is 60.0 Å². The van der Waals surface area contributed by atoms with Gasteiger partial charge in [0, 0.05) is 18.4 Å². The Morgan fingerprint density at radius 2 is 1.89 bits per heavy atom. The van der Waals surface area contributed by atoms with Crippen LogP contribution in [0.1, 0.15) is 22.7 Å². The zero-order valence-corrected chi connectivity index (χ0v) is 14.6. The first-order chi connectivity index (χ1) is 13.1. The van der Waals surface area contributed by atoms with Crippen molar-refractivity contribution < 1.29 is 18.8 Å². The van der Waals surface area contributed by atoms with E-state index < -0.39 is 5.91 Å². The van der Waals surface area contributed by atoms with E-state index in [1.807, 2.05) is 12.1 Å². The molecule has 1 heterocycles. The number of amides is 2. The Labute approximate surface area is 155 Å². The molecule has 0 aliphatic rings. The molecule has 27 heavy (non-hydrogen) atoms. The van der Waals surface area contributed by atoms with Gasteiger partial charge in [0.1, 0.15) is 5.75 Å². The Balaban J connectivity index is 1.60. The van der Waals surface area contributed by atoms with Crippen molar-refractivity contribution in [1.29, 1.82) is 0 Å². The lowest BCUT2D eigenvalue weighted by Gasteiger charge is -2.07. The van der Waals surface area contributed by atoms with Crippen LogP contribution in [0.4, 0.5) is 5.69 Å². The number of hydrogen-bond acceptors (Lipinski definition) is 6. The van der Waals surface area contributed by atoms with Gasteiger partial charge in [0.05, 0.1) is 18.4 Å². The van der Waals surface area contributed by atoms with E-state index in [1.54, 1.807) is 43.5 Å². The number of benzene rings is 2. The molecule has 0 bridgehead atoms. The van der Waals surface area contributed by atoms with E-state index in [0.29, 0.717) is 17.4 Å². The lowest BCUT2D eigenvalue weighted by molar-refractivity contribution is -0.116. The number of rotatable bonds is 7. The third-order valence-corrected chi connectivity index (χ3v) is 3.85. The van der Waals surface area contributed by atoms with Crippen LogP contribution in [-0.2, 0) is 11.2 Å². The number of aromatic nitrogens is 2. The molecule has 0 spiro atoms. The Kier molecular flexibility index (Phi) is 5.46. The van der Waals surface area contributed by atoms with Gasteiger partial charge in [0.2, 0.25) is 17.6 Å². The zero-order valence-electron chi connectivity index (χ0n) is 14.6. The van der Waals surface area contributed by atoms with Crippen molar-refractivity contribution in [3.63, 3.8) is 0 Å². The molecule has 0 saturated carbocycles. The van der Waals surface area contributed by atoms with Gasteiger partial charge in [-0.2, -0.15) is 4.98 Å². The summed E-state index contributed by atoms with van der Waals surface area (Å²) >= 11 is 0. The summed E-state index contributed by atoms with van der Waals surface area (Å²) in [6.45, 7) is 0. The third kappa shape index (κ3) is 4.49. The topological polar surface area (TPSA) is 120 Å². The van der Waals surface area contributed by atoms with E-state index >= 15 is 0 Å². The predicted molar refractivity (Wildman–Crippen MR) is 98.2 cm³/mol. The van der Waals surface area contributed by atoms with Gasteiger partial charge in [-0.3, -0.25) is 9.59 Å². The van der Waals surface area contributed by atoms with Crippen molar-refractivity contribution in [3.8, 4) is 17.1 Å². The fraction of sp³-hybridized carbons (Fsp3) is 0.158. The summed E-state index contributed by atoms with van der Waals surface area (Å²) < 4.78 is 10.3. The van der Waals surface area contributed by atoms with Crippen molar-refractivity contribution in [1.82, 2.24) is 10.1 Å². The van der Waals surface area contributed by atoms with Gasteiger partial charge in [-0.1, -0.05) is 17.3 Å². The number of anilines is 1. The van der Waals surface area contributed by atoms with Gasteiger partial charge in [0.25, 0.3) is 5.91 Å². The molecule has 0 aliphatic heterocycles. The average Bonchev–Trinajstić information content (AvgIpc) is 3.16. The molecule has 3 aromatic rings. The maximum atomic E-state index is 12.1. The molecule has 1 aromatic heterocycles. The molecule has 8 heteroatoms. The Morgan fingerprint density at radius 1 is 1.15 bits per heavy atom. The smallest absolute Gasteiger partial charge is 0.250 e. The van der Waals surface area contributed by atoms with E-state index in [1.165, 1.54) is 0 Å². The third-order valence-electron chi connectivity index (χ3n) is 3.85. The van der Waals surface area contributed by atoms with Crippen LogP contribution in [0.15, 0.2) is 53.1 Å². The molecule has 0 fully saturated rings. The van der Waals surface area contributed by atoms with Gasteiger partial charge < -0.3 is 20.3 Å². The van der Waals surface area contributed by atoms with Crippen LogP contribution in [0.2, 0.25) is 0 Å². The minimum atomic E-state index is -0.605. The number of nitrogens with zero attached hydrogens (tertiary/aromatic N) is 2. The standard InChI is InChI=1S/C19H18N4O4/c1-26-13-8-6-12(7-9-13)19-22-17(27-23-19)11-10-16(24)21-15-5-3-2-4-14(15)18(20)25/h2-9H,10-11H2,1H3,(H2,20,25)(H,21,24). The number of aryl methyl sites for hydroxylation is 1. The van der Waals surface area contributed by atoms with Gasteiger partial charge in [-0.25, -0.2) is 0 Å². The number of nitrogens with two attached hydrogens (primary N) is 1. The van der Waals surface area contributed by atoms with Crippen LogP contribution in [-0.4, -0.2) is 29.1 Å². The van der Waals surface area contributed by atoms with Crippen molar-refractivity contribution in [2.45, 2.75) is 12.8 Å². The first-order valence-electron chi connectivity index (χ1n) is 8.22. The highest BCUT2D eigenvalue weighted by Gasteiger charge is 2.13. The van der Waals surface area contributed by atoms with Crippen LogP contribution >= 0.6 is 0 Å². The van der Waals surface area contributed by atoms with Crippen LogP contribution in [0, 0.1) is 0 Å². The Bertz CT molecular complexity index is 950. The molecular formula is C19H18N4O4. The number of ether oxygens (including phenoxy) is 1. The minimum Gasteiger partial charge on any atom is -0.497 e. The second kappa shape index (κ2) is 8.13. The summed E-state index contributed by atoms with van der Waals surface area (Å²) in [6, 6.07) is 13.8. The molecule has 0 saturated heterocycles. The molecule has 0 unspecified atom stereocenters. The maximum Gasteiger partial charge on any atom is 0.250 e. The summed E-state index contributed by atoms with van der Waals surface area (Å²) in [4.78, 5) is 27.8. The highest BCUT2D eigenvalue weighted by atomic mass is 16.5. The summed E-state index contributed by atoms with van der Waals surface area (Å²) in [5.74, 6) is 0.626. The Morgan fingerprint density at radius 3 is 2.59 bits per heavy atom. The van der Waals surface area contributed by atoms with E-state index in [0.717, 1.165) is 11.3 Å². The molecule has 0 radical (unpaired) electrons. The molecule has 3 rings (SSSR count). The van der Waals surface area contributed by atoms with Crippen LogP contribution < -0.4 is 15.8 Å². The molecule has 2 amide bonds. The van der Waals surface area contributed by atoms with Crippen LogP contribution in [0.3, 0.4) is 0 Å². The molecule has 0 aliphatic carbocycles. The van der Waals surface area contributed by atoms with E-state index in [9.17, 15) is 9.59 Å².